The molecule has 0 aliphatic carbocycles. The number of hydrogen-bond donors (Lipinski definition) is 4. The van der Waals surface area contributed by atoms with Gasteiger partial charge in [0.25, 0.3) is 0 Å². The molecule has 18 heavy (non-hydrogen) atoms. The molecule has 0 aliphatic rings. The molecule has 0 saturated carbocycles. The van der Waals surface area contributed by atoms with E-state index >= 15 is 0 Å². The first-order valence-electron chi connectivity index (χ1n) is 6.37. The van der Waals surface area contributed by atoms with Gasteiger partial charge in [0.15, 0.2) is 6.29 Å². The molecular weight excluding hydrogens is 256 g/mol. The van der Waals surface area contributed by atoms with Crippen molar-refractivity contribution in [2.24, 2.45) is 0 Å². The van der Waals surface area contributed by atoms with E-state index in [-0.39, 0.29) is 0 Å². The molecule has 0 fully saturated rings. The highest BCUT2D eigenvalue weighted by Crippen LogP contribution is 2.08. The van der Waals surface area contributed by atoms with E-state index in [2.05, 4.69) is 12.6 Å². The van der Waals surface area contributed by atoms with Gasteiger partial charge in [-0.15, -0.1) is 0 Å². The molecule has 0 rings (SSSR count). The maximum absolute atomic E-state index is 9.58. The summed E-state index contributed by atoms with van der Waals surface area (Å²) in [5, 5.41) is 27.5. The second-order valence-corrected chi connectivity index (χ2v) is 4.75. The standard InChI is InChI=1S/C12H26O5S/c1-9(12(15)11(14)8-13)17-10(2)16-6-4-3-5-7-18/h9-15,18H,3-8H2,1-2H3/t9?,10-,11-,12?/m1/s1. The Bertz CT molecular complexity index is 193. The molecule has 0 aromatic rings. The fraction of sp³-hybridized carbons (Fsp3) is 1.00. The van der Waals surface area contributed by atoms with Gasteiger partial charge in [0.1, 0.15) is 12.2 Å². The Kier molecular flexibility index (Phi) is 11.1. The SMILES string of the molecule is CC(O[C@H](C)OCCCCCS)C(O)[C@H](O)CO. The minimum atomic E-state index is -1.19. The normalized spacial score (nSPS) is 18.3. The van der Waals surface area contributed by atoms with Crippen LogP contribution in [0.15, 0.2) is 0 Å². The third kappa shape index (κ3) is 8.29. The smallest absolute Gasteiger partial charge is 0.155 e. The summed E-state index contributed by atoms with van der Waals surface area (Å²) >= 11 is 4.12. The quantitative estimate of drug-likeness (QED) is 0.253. The average molecular weight is 282 g/mol. The van der Waals surface area contributed by atoms with Crippen molar-refractivity contribution >= 4 is 12.6 Å². The average Bonchev–Trinajstić information content (AvgIpc) is 2.36. The predicted molar refractivity (Wildman–Crippen MR) is 72.8 cm³/mol. The third-order valence-electron chi connectivity index (χ3n) is 2.62. The van der Waals surface area contributed by atoms with E-state index in [0.717, 1.165) is 25.0 Å². The molecule has 3 N–H and O–H groups in total. The Balaban J connectivity index is 3.69. The Hall–Kier alpha value is 0.150. The fourth-order valence-electron chi connectivity index (χ4n) is 1.48. The van der Waals surface area contributed by atoms with Crippen LogP contribution < -0.4 is 0 Å². The first-order valence-corrected chi connectivity index (χ1v) is 7.01. The molecule has 0 heterocycles. The van der Waals surface area contributed by atoms with Crippen molar-refractivity contribution in [3.05, 3.63) is 0 Å². The number of rotatable bonds is 11. The van der Waals surface area contributed by atoms with Crippen molar-refractivity contribution in [1.82, 2.24) is 0 Å². The molecule has 0 aromatic heterocycles. The summed E-state index contributed by atoms with van der Waals surface area (Å²) in [6.45, 7) is 3.48. The van der Waals surface area contributed by atoms with Crippen molar-refractivity contribution in [2.75, 3.05) is 19.0 Å². The minimum Gasteiger partial charge on any atom is -0.394 e. The summed E-state index contributed by atoms with van der Waals surface area (Å²) in [5.41, 5.74) is 0. The highest BCUT2D eigenvalue weighted by Gasteiger charge is 2.24. The van der Waals surface area contributed by atoms with Crippen LogP contribution in [-0.2, 0) is 9.47 Å². The van der Waals surface area contributed by atoms with Gasteiger partial charge < -0.3 is 24.8 Å². The summed E-state index contributed by atoms with van der Waals surface area (Å²) < 4.78 is 10.8. The van der Waals surface area contributed by atoms with Crippen LogP contribution in [0.1, 0.15) is 33.1 Å². The van der Waals surface area contributed by atoms with Gasteiger partial charge in [0, 0.05) is 6.61 Å². The van der Waals surface area contributed by atoms with Crippen LogP contribution in [0.4, 0.5) is 0 Å². The van der Waals surface area contributed by atoms with Gasteiger partial charge in [0.2, 0.25) is 0 Å². The topological polar surface area (TPSA) is 79.2 Å². The van der Waals surface area contributed by atoms with Crippen molar-refractivity contribution in [3.8, 4) is 0 Å². The first kappa shape index (κ1) is 18.1. The lowest BCUT2D eigenvalue weighted by Crippen LogP contribution is -2.41. The zero-order valence-corrected chi connectivity index (χ0v) is 12.1. The zero-order valence-electron chi connectivity index (χ0n) is 11.2. The van der Waals surface area contributed by atoms with E-state index in [1.165, 1.54) is 0 Å². The molecule has 110 valence electrons. The molecule has 0 amide bonds. The van der Waals surface area contributed by atoms with Gasteiger partial charge in [-0.05, 0) is 32.4 Å². The predicted octanol–water partition coefficient (Wildman–Crippen LogP) is 0.568. The summed E-state index contributed by atoms with van der Waals surface area (Å²) in [6, 6.07) is 0. The van der Waals surface area contributed by atoms with Gasteiger partial charge in [-0.3, -0.25) is 0 Å². The minimum absolute atomic E-state index is 0.448. The van der Waals surface area contributed by atoms with E-state index in [0.29, 0.717) is 6.61 Å². The second kappa shape index (κ2) is 11.0. The van der Waals surface area contributed by atoms with Crippen LogP contribution in [-0.4, -0.2) is 58.9 Å². The Morgan fingerprint density at radius 1 is 1.11 bits per heavy atom. The maximum Gasteiger partial charge on any atom is 0.155 e. The third-order valence-corrected chi connectivity index (χ3v) is 2.94. The highest BCUT2D eigenvalue weighted by atomic mass is 32.1. The molecule has 0 aliphatic heterocycles. The second-order valence-electron chi connectivity index (χ2n) is 4.30. The van der Waals surface area contributed by atoms with Crippen LogP contribution in [0, 0.1) is 0 Å². The Labute approximate surface area is 115 Å². The van der Waals surface area contributed by atoms with Crippen LogP contribution in [0.5, 0.6) is 0 Å². The molecule has 4 atom stereocenters. The largest absolute Gasteiger partial charge is 0.394 e. The van der Waals surface area contributed by atoms with Crippen molar-refractivity contribution in [3.63, 3.8) is 0 Å². The Morgan fingerprint density at radius 2 is 1.78 bits per heavy atom. The number of aliphatic hydroxyl groups excluding tert-OH is 3. The monoisotopic (exact) mass is 282 g/mol. The molecule has 0 radical (unpaired) electrons. The summed E-state index contributed by atoms with van der Waals surface area (Å²) in [6.07, 6.45) is -0.273. The van der Waals surface area contributed by atoms with Crippen molar-refractivity contribution in [2.45, 2.75) is 57.7 Å². The first-order chi connectivity index (χ1) is 8.52. The van der Waals surface area contributed by atoms with E-state index < -0.39 is 31.2 Å². The number of thiol groups is 1. The fourth-order valence-corrected chi connectivity index (χ4v) is 1.71. The molecule has 5 nitrogen and oxygen atoms in total. The van der Waals surface area contributed by atoms with E-state index in [1.54, 1.807) is 13.8 Å². The van der Waals surface area contributed by atoms with Gasteiger partial charge in [-0.25, -0.2) is 0 Å². The number of unbranched alkanes of at least 4 members (excludes halogenated alkanes) is 2. The van der Waals surface area contributed by atoms with Gasteiger partial charge in [0.05, 0.1) is 12.7 Å². The molecule has 0 aromatic carbocycles. The highest BCUT2D eigenvalue weighted by molar-refractivity contribution is 7.80. The number of aliphatic hydroxyl groups is 3. The number of ether oxygens (including phenoxy) is 2. The van der Waals surface area contributed by atoms with E-state index in [1.807, 2.05) is 0 Å². The van der Waals surface area contributed by atoms with E-state index in [9.17, 15) is 10.2 Å². The Morgan fingerprint density at radius 3 is 2.33 bits per heavy atom. The lowest BCUT2D eigenvalue weighted by Gasteiger charge is -2.25. The maximum atomic E-state index is 9.58. The van der Waals surface area contributed by atoms with Crippen molar-refractivity contribution in [1.29, 1.82) is 0 Å². The lowest BCUT2D eigenvalue weighted by molar-refractivity contribution is -0.192. The molecule has 0 bridgehead atoms. The number of hydrogen-bond acceptors (Lipinski definition) is 6. The molecule has 6 heteroatoms. The lowest BCUT2D eigenvalue weighted by atomic mass is 10.1. The molecule has 0 saturated heterocycles. The van der Waals surface area contributed by atoms with Crippen molar-refractivity contribution < 1.29 is 24.8 Å². The molecular formula is C12H26O5S. The van der Waals surface area contributed by atoms with Gasteiger partial charge >= 0.3 is 0 Å². The van der Waals surface area contributed by atoms with Gasteiger partial charge in [-0.1, -0.05) is 6.42 Å². The van der Waals surface area contributed by atoms with Crippen LogP contribution >= 0.6 is 12.6 Å². The summed E-state index contributed by atoms with van der Waals surface area (Å²) in [4.78, 5) is 0. The van der Waals surface area contributed by atoms with Crippen LogP contribution in [0.2, 0.25) is 0 Å². The summed E-state index contributed by atoms with van der Waals surface area (Å²) in [5.74, 6) is 0.883. The summed E-state index contributed by atoms with van der Waals surface area (Å²) in [7, 11) is 0. The zero-order chi connectivity index (χ0) is 14.0. The van der Waals surface area contributed by atoms with Gasteiger partial charge in [-0.2, -0.15) is 12.6 Å². The van der Waals surface area contributed by atoms with E-state index in [4.69, 9.17) is 14.6 Å². The van der Waals surface area contributed by atoms with Crippen LogP contribution in [0.3, 0.4) is 0 Å². The van der Waals surface area contributed by atoms with Crippen LogP contribution in [0.25, 0.3) is 0 Å². The molecule has 0 spiro atoms. The molecule has 2 unspecified atom stereocenters.